The number of aryl methyl sites for hydroxylation is 1. The van der Waals surface area contributed by atoms with Gasteiger partial charge in [0.2, 0.25) is 0 Å². The summed E-state index contributed by atoms with van der Waals surface area (Å²) in [6.07, 6.45) is 2.99. The average molecular weight is 322 g/mol. The molecule has 1 aliphatic heterocycles. The first-order chi connectivity index (χ1) is 10.5. The molecule has 1 N–H and O–H groups in total. The largest absolute Gasteiger partial charge is 0.508 e. The van der Waals surface area contributed by atoms with Crippen LogP contribution in [0, 0.1) is 0 Å². The molecule has 0 atom stereocenters. The molecule has 2 heterocycles. The quantitative estimate of drug-likeness (QED) is 0.897. The molecule has 1 aromatic heterocycles. The summed E-state index contributed by atoms with van der Waals surface area (Å²) >= 11 is 0. The lowest BCUT2D eigenvalue weighted by molar-refractivity contribution is 0.383. The van der Waals surface area contributed by atoms with Crippen LogP contribution in [-0.4, -0.2) is 53.6 Å². The number of rotatable bonds is 3. The average Bonchev–Trinajstić information content (AvgIpc) is 2.95. The third kappa shape index (κ3) is 2.79. The van der Waals surface area contributed by atoms with Crippen LogP contribution in [0.1, 0.15) is 0 Å². The van der Waals surface area contributed by atoms with Crippen molar-refractivity contribution < 1.29 is 13.5 Å². The van der Waals surface area contributed by atoms with E-state index in [1.807, 2.05) is 6.07 Å². The predicted octanol–water partition coefficient (Wildman–Crippen LogP) is 0.637. The molecule has 0 radical (unpaired) electrons. The molecule has 8 heteroatoms. The van der Waals surface area contributed by atoms with Crippen LogP contribution in [0.3, 0.4) is 0 Å². The maximum atomic E-state index is 12.5. The number of sulfonamides is 1. The van der Waals surface area contributed by atoms with Gasteiger partial charge in [0.15, 0.2) is 5.03 Å². The molecule has 0 amide bonds. The SMILES string of the molecule is Cn1cnc(S(=O)(=O)N2CCN(c3cccc(O)c3)CC2)c1. The third-order valence-electron chi connectivity index (χ3n) is 3.72. The van der Waals surface area contributed by atoms with Gasteiger partial charge < -0.3 is 14.6 Å². The lowest BCUT2D eigenvalue weighted by atomic mass is 10.2. The van der Waals surface area contributed by atoms with E-state index in [-0.39, 0.29) is 10.8 Å². The van der Waals surface area contributed by atoms with Crippen molar-refractivity contribution in [3.8, 4) is 5.75 Å². The zero-order chi connectivity index (χ0) is 15.7. The molecule has 0 spiro atoms. The number of piperazine rings is 1. The summed E-state index contributed by atoms with van der Waals surface area (Å²) in [6, 6.07) is 6.98. The first-order valence-corrected chi connectivity index (χ1v) is 8.43. The number of phenols is 1. The molecule has 0 unspecified atom stereocenters. The minimum atomic E-state index is -3.53. The monoisotopic (exact) mass is 322 g/mol. The lowest BCUT2D eigenvalue weighted by Crippen LogP contribution is -2.48. The number of anilines is 1. The molecule has 0 bridgehead atoms. The number of hydrogen-bond donors (Lipinski definition) is 1. The summed E-state index contributed by atoms with van der Waals surface area (Å²) in [5.41, 5.74) is 0.898. The molecule has 0 saturated carbocycles. The number of benzene rings is 1. The van der Waals surface area contributed by atoms with Crippen molar-refractivity contribution in [2.45, 2.75) is 5.03 Å². The maximum absolute atomic E-state index is 12.5. The molecule has 2 aromatic rings. The van der Waals surface area contributed by atoms with E-state index in [0.717, 1.165) is 5.69 Å². The van der Waals surface area contributed by atoms with Crippen LogP contribution in [0.4, 0.5) is 5.69 Å². The Hall–Kier alpha value is -2.06. The Morgan fingerprint density at radius 1 is 1.18 bits per heavy atom. The van der Waals surface area contributed by atoms with Crippen LogP contribution in [-0.2, 0) is 17.1 Å². The van der Waals surface area contributed by atoms with Gasteiger partial charge >= 0.3 is 0 Å². The van der Waals surface area contributed by atoms with Crippen molar-refractivity contribution in [1.82, 2.24) is 13.9 Å². The van der Waals surface area contributed by atoms with Crippen LogP contribution in [0.15, 0.2) is 41.8 Å². The van der Waals surface area contributed by atoms with E-state index in [2.05, 4.69) is 9.88 Å². The molecule has 7 nitrogen and oxygen atoms in total. The summed E-state index contributed by atoms with van der Waals surface area (Å²) in [5.74, 6) is 0.209. The summed E-state index contributed by atoms with van der Waals surface area (Å²) in [4.78, 5) is 6.00. The molecule has 3 rings (SSSR count). The fourth-order valence-electron chi connectivity index (χ4n) is 2.53. The van der Waals surface area contributed by atoms with Gasteiger partial charge in [-0.05, 0) is 12.1 Å². The van der Waals surface area contributed by atoms with E-state index in [4.69, 9.17) is 0 Å². The van der Waals surface area contributed by atoms with E-state index in [1.165, 1.54) is 16.8 Å². The first kappa shape index (κ1) is 14.9. The van der Waals surface area contributed by atoms with Gasteiger partial charge in [-0.25, -0.2) is 13.4 Å². The Labute approximate surface area is 129 Å². The van der Waals surface area contributed by atoms with Crippen molar-refractivity contribution in [3.05, 3.63) is 36.8 Å². The molecule has 1 saturated heterocycles. The van der Waals surface area contributed by atoms with Crippen LogP contribution in [0.2, 0.25) is 0 Å². The highest BCUT2D eigenvalue weighted by Crippen LogP contribution is 2.23. The van der Waals surface area contributed by atoms with Crippen LogP contribution in [0.25, 0.3) is 0 Å². The van der Waals surface area contributed by atoms with Crippen molar-refractivity contribution in [1.29, 1.82) is 0 Å². The molecule has 1 aliphatic rings. The second-order valence-electron chi connectivity index (χ2n) is 5.29. The second kappa shape index (κ2) is 5.62. The minimum absolute atomic E-state index is 0.0841. The van der Waals surface area contributed by atoms with Gasteiger partial charge in [-0.2, -0.15) is 4.31 Å². The topological polar surface area (TPSA) is 78.7 Å². The van der Waals surface area contributed by atoms with E-state index in [9.17, 15) is 13.5 Å². The highest BCUT2D eigenvalue weighted by Gasteiger charge is 2.30. The molecular weight excluding hydrogens is 304 g/mol. The third-order valence-corrected chi connectivity index (χ3v) is 5.50. The van der Waals surface area contributed by atoms with Gasteiger partial charge in [0, 0.05) is 51.2 Å². The Bertz CT molecular complexity index is 764. The van der Waals surface area contributed by atoms with E-state index in [0.29, 0.717) is 26.2 Å². The van der Waals surface area contributed by atoms with E-state index < -0.39 is 10.0 Å². The number of nitrogens with zero attached hydrogens (tertiary/aromatic N) is 4. The van der Waals surface area contributed by atoms with Gasteiger partial charge in [0.25, 0.3) is 10.0 Å². The van der Waals surface area contributed by atoms with E-state index in [1.54, 1.807) is 29.8 Å². The lowest BCUT2D eigenvalue weighted by Gasteiger charge is -2.35. The fraction of sp³-hybridized carbons (Fsp3) is 0.357. The predicted molar refractivity (Wildman–Crippen MR) is 82.3 cm³/mol. The molecular formula is C14H18N4O3S. The highest BCUT2D eigenvalue weighted by atomic mass is 32.2. The van der Waals surface area contributed by atoms with Crippen molar-refractivity contribution >= 4 is 15.7 Å². The Balaban J connectivity index is 1.72. The zero-order valence-corrected chi connectivity index (χ0v) is 13.1. The number of aromatic nitrogens is 2. The molecule has 22 heavy (non-hydrogen) atoms. The number of hydrogen-bond acceptors (Lipinski definition) is 5. The van der Waals surface area contributed by atoms with Gasteiger partial charge in [0.1, 0.15) is 5.75 Å². The van der Waals surface area contributed by atoms with E-state index >= 15 is 0 Å². The smallest absolute Gasteiger partial charge is 0.262 e. The zero-order valence-electron chi connectivity index (χ0n) is 12.3. The molecule has 118 valence electrons. The second-order valence-corrected chi connectivity index (χ2v) is 7.17. The summed E-state index contributed by atoms with van der Waals surface area (Å²) in [5, 5.41) is 9.62. The van der Waals surface area contributed by atoms with Crippen LogP contribution >= 0.6 is 0 Å². The molecule has 1 aromatic carbocycles. The highest BCUT2D eigenvalue weighted by molar-refractivity contribution is 7.89. The summed E-state index contributed by atoms with van der Waals surface area (Å²) in [6.45, 7) is 1.95. The van der Waals surface area contributed by atoms with Gasteiger partial charge in [-0.15, -0.1) is 0 Å². The standard InChI is InChI=1S/C14H18N4O3S/c1-16-10-14(15-11-16)22(20,21)18-7-5-17(6-8-18)12-3-2-4-13(19)9-12/h2-4,9-11,19H,5-8H2,1H3. The van der Waals surface area contributed by atoms with Crippen LogP contribution in [0.5, 0.6) is 5.75 Å². The first-order valence-electron chi connectivity index (χ1n) is 6.99. The molecule has 0 aliphatic carbocycles. The van der Waals surface area contributed by atoms with Crippen molar-refractivity contribution in [2.75, 3.05) is 31.1 Å². The van der Waals surface area contributed by atoms with Crippen molar-refractivity contribution in [2.24, 2.45) is 7.05 Å². The Morgan fingerprint density at radius 2 is 1.91 bits per heavy atom. The van der Waals surface area contributed by atoms with Gasteiger partial charge in [0.05, 0.1) is 6.33 Å². The Kier molecular flexibility index (Phi) is 3.79. The number of phenolic OH excluding ortho intramolecular Hbond substituents is 1. The maximum Gasteiger partial charge on any atom is 0.262 e. The number of aromatic hydroxyl groups is 1. The Morgan fingerprint density at radius 3 is 2.50 bits per heavy atom. The van der Waals surface area contributed by atoms with Crippen LogP contribution < -0.4 is 4.90 Å². The van der Waals surface area contributed by atoms with Gasteiger partial charge in [-0.1, -0.05) is 6.07 Å². The summed E-state index contributed by atoms with van der Waals surface area (Å²) < 4.78 is 28.1. The number of imidazole rings is 1. The summed E-state index contributed by atoms with van der Waals surface area (Å²) in [7, 11) is -1.79. The fourth-order valence-corrected chi connectivity index (χ4v) is 3.92. The molecule has 1 fully saturated rings. The van der Waals surface area contributed by atoms with Gasteiger partial charge in [-0.3, -0.25) is 0 Å². The minimum Gasteiger partial charge on any atom is -0.508 e. The van der Waals surface area contributed by atoms with Crippen molar-refractivity contribution in [3.63, 3.8) is 0 Å². The normalized spacial score (nSPS) is 16.9.